The summed E-state index contributed by atoms with van der Waals surface area (Å²) in [5.74, 6) is -1.12. The van der Waals surface area contributed by atoms with Crippen LogP contribution in [0.1, 0.15) is 24.2 Å². The third kappa shape index (κ3) is 5.40. The lowest BCUT2D eigenvalue weighted by Gasteiger charge is -2.24. The van der Waals surface area contributed by atoms with Crippen molar-refractivity contribution < 1.29 is 22.7 Å². The molecule has 1 aromatic carbocycles. The van der Waals surface area contributed by atoms with Gasteiger partial charge in [-0.2, -0.15) is 0 Å². The molecule has 1 rings (SSSR count). The number of halogens is 1. The Balaban J connectivity index is 3.28. The van der Waals surface area contributed by atoms with Crippen molar-refractivity contribution in [1.29, 1.82) is 0 Å². The van der Waals surface area contributed by atoms with E-state index in [1.165, 1.54) is 25.3 Å². The predicted octanol–water partition coefficient (Wildman–Crippen LogP) is 1.42. The Morgan fingerprint density at radius 3 is 2.43 bits per heavy atom. The van der Waals surface area contributed by atoms with E-state index in [2.05, 4.69) is 10.1 Å². The highest BCUT2D eigenvalue weighted by atomic mass is 35.5. The minimum Gasteiger partial charge on any atom is -0.465 e. The van der Waals surface area contributed by atoms with Crippen molar-refractivity contribution in [2.45, 2.75) is 19.9 Å². The quantitative estimate of drug-likeness (QED) is 0.772. The standard InChI is InChI=1S/C14H19ClN2O5S/c1-9(2)16-13(18)8-17(23(4,20)21)12-7-10(14(19)22-3)5-6-11(12)15/h5-7,9H,8H2,1-4H3,(H,16,18). The maximum absolute atomic E-state index is 12.0. The van der Waals surface area contributed by atoms with Gasteiger partial charge in [0.25, 0.3) is 0 Å². The van der Waals surface area contributed by atoms with Crippen LogP contribution in [-0.2, 0) is 19.6 Å². The highest BCUT2D eigenvalue weighted by Crippen LogP contribution is 2.29. The van der Waals surface area contributed by atoms with E-state index in [1.54, 1.807) is 13.8 Å². The minimum atomic E-state index is -3.78. The minimum absolute atomic E-state index is 0.0379. The predicted molar refractivity (Wildman–Crippen MR) is 88.3 cm³/mol. The first-order valence-corrected chi connectivity index (χ1v) is 8.93. The third-order valence-corrected chi connectivity index (χ3v) is 4.22. The van der Waals surface area contributed by atoms with Gasteiger partial charge < -0.3 is 10.1 Å². The van der Waals surface area contributed by atoms with E-state index in [0.29, 0.717) is 0 Å². The molecule has 0 aliphatic carbocycles. The fourth-order valence-corrected chi connectivity index (χ4v) is 2.96. The van der Waals surface area contributed by atoms with E-state index in [0.717, 1.165) is 10.6 Å². The molecule has 0 radical (unpaired) electrons. The average molecular weight is 363 g/mol. The van der Waals surface area contributed by atoms with E-state index < -0.39 is 28.4 Å². The molecule has 9 heteroatoms. The zero-order valence-electron chi connectivity index (χ0n) is 13.3. The number of anilines is 1. The average Bonchev–Trinajstić information content (AvgIpc) is 2.43. The molecule has 0 unspecified atom stereocenters. The van der Waals surface area contributed by atoms with Gasteiger partial charge in [0, 0.05) is 6.04 Å². The molecule has 0 aliphatic rings. The summed E-state index contributed by atoms with van der Waals surface area (Å²) in [5, 5.41) is 2.70. The first kappa shape index (κ1) is 19.2. The molecule has 0 heterocycles. The summed E-state index contributed by atoms with van der Waals surface area (Å²) in [5.41, 5.74) is 0.167. The molecule has 0 aliphatic heterocycles. The Bertz CT molecular complexity index is 703. The number of rotatable bonds is 6. The lowest BCUT2D eigenvalue weighted by Crippen LogP contribution is -2.42. The second kappa shape index (κ2) is 7.65. The lowest BCUT2D eigenvalue weighted by molar-refractivity contribution is -0.120. The Labute approximate surface area is 140 Å². The number of esters is 1. The number of hydrogen-bond donors (Lipinski definition) is 1. The monoisotopic (exact) mass is 362 g/mol. The van der Waals surface area contributed by atoms with Crippen LogP contribution in [0.4, 0.5) is 5.69 Å². The number of hydrogen-bond acceptors (Lipinski definition) is 5. The normalized spacial score (nSPS) is 11.2. The van der Waals surface area contributed by atoms with Gasteiger partial charge in [-0.3, -0.25) is 9.10 Å². The largest absolute Gasteiger partial charge is 0.465 e. The zero-order valence-corrected chi connectivity index (χ0v) is 14.9. The fraction of sp³-hybridized carbons (Fsp3) is 0.429. The Morgan fingerprint density at radius 1 is 1.35 bits per heavy atom. The van der Waals surface area contributed by atoms with Crippen molar-refractivity contribution in [3.8, 4) is 0 Å². The van der Waals surface area contributed by atoms with E-state index in [-0.39, 0.29) is 22.3 Å². The molecular weight excluding hydrogens is 344 g/mol. The number of carbonyl (C=O) groups excluding carboxylic acids is 2. The molecule has 128 valence electrons. The van der Waals surface area contributed by atoms with Crippen LogP contribution in [0.3, 0.4) is 0 Å². The van der Waals surface area contributed by atoms with Crippen molar-refractivity contribution in [2.75, 3.05) is 24.2 Å². The highest BCUT2D eigenvalue weighted by Gasteiger charge is 2.24. The molecule has 0 aromatic heterocycles. The molecule has 1 N–H and O–H groups in total. The smallest absolute Gasteiger partial charge is 0.337 e. The summed E-state index contributed by atoms with van der Waals surface area (Å²) in [6.07, 6.45) is 0.955. The second-order valence-corrected chi connectivity index (χ2v) is 7.46. The molecule has 1 aromatic rings. The van der Waals surface area contributed by atoms with Gasteiger partial charge in [-0.05, 0) is 32.0 Å². The Morgan fingerprint density at radius 2 is 1.96 bits per heavy atom. The number of nitrogens with one attached hydrogen (secondary N) is 1. The van der Waals surface area contributed by atoms with Gasteiger partial charge in [0.05, 0.1) is 29.6 Å². The highest BCUT2D eigenvalue weighted by molar-refractivity contribution is 7.92. The third-order valence-electron chi connectivity index (χ3n) is 2.77. The van der Waals surface area contributed by atoms with Crippen LogP contribution < -0.4 is 9.62 Å². The number of amides is 1. The second-order valence-electron chi connectivity index (χ2n) is 5.15. The molecule has 0 fully saturated rings. The van der Waals surface area contributed by atoms with Crippen molar-refractivity contribution in [3.63, 3.8) is 0 Å². The van der Waals surface area contributed by atoms with E-state index >= 15 is 0 Å². The van der Waals surface area contributed by atoms with E-state index in [9.17, 15) is 18.0 Å². The SMILES string of the molecule is COC(=O)c1ccc(Cl)c(N(CC(=O)NC(C)C)S(C)(=O)=O)c1. The molecule has 23 heavy (non-hydrogen) atoms. The van der Waals surface area contributed by atoms with Crippen molar-refractivity contribution in [1.82, 2.24) is 5.32 Å². The van der Waals surface area contributed by atoms with Gasteiger partial charge in [-0.25, -0.2) is 13.2 Å². The molecule has 0 saturated heterocycles. The molecule has 1 amide bonds. The Hall–Kier alpha value is -1.80. The number of methoxy groups -OCH3 is 1. The van der Waals surface area contributed by atoms with Crippen molar-refractivity contribution >= 4 is 39.2 Å². The van der Waals surface area contributed by atoms with Crippen LogP contribution in [0.2, 0.25) is 5.02 Å². The van der Waals surface area contributed by atoms with Crippen LogP contribution >= 0.6 is 11.6 Å². The number of benzene rings is 1. The van der Waals surface area contributed by atoms with Crippen LogP contribution in [0.25, 0.3) is 0 Å². The lowest BCUT2D eigenvalue weighted by atomic mass is 10.2. The molecule has 0 bridgehead atoms. The van der Waals surface area contributed by atoms with Crippen LogP contribution in [0, 0.1) is 0 Å². The maximum Gasteiger partial charge on any atom is 0.337 e. The molecular formula is C14H19ClN2O5S. The summed E-state index contributed by atoms with van der Waals surface area (Å²) >= 11 is 6.04. The number of ether oxygens (including phenoxy) is 1. The summed E-state index contributed by atoms with van der Waals surface area (Å²) in [6, 6.07) is 3.92. The van der Waals surface area contributed by atoms with Crippen LogP contribution in [0.15, 0.2) is 18.2 Å². The number of sulfonamides is 1. The molecule has 7 nitrogen and oxygen atoms in total. The number of nitrogens with zero attached hydrogens (tertiary/aromatic N) is 1. The van der Waals surface area contributed by atoms with Crippen molar-refractivity contribution in [3.05, 3.63) is 28.8 Å². The van der Waals surface area contributed by atoms with E-state index in [1.807, 2.05) is 0 Å². The van der Waals surface area contributed by atoms with Gasteiger partial charge in [-0.15, -0.1) is 0 Å². The summed E-state index contributed by atoms with van der Waals surface area (Å²) in [6.45, 7) is 3.07. The van der Waals surface area contributed by atoms with Gasteiger partial charge >= 0.3 is 5.97 Å². The number of carbonyl (C=O) groups is 2. The van der Waals surface area contributed by atoms with Crippen molar-refractivity contribution in [2.24, 2.45) is 0 Å². The first-order valence-electron chi connectivity index (χ1n) is 6.71. The van der Waals surface area contributed by atoms with Gasteiger partial charge in [0.1, 0.15) is 6.54 Å². The first-order chi connectivity index (χ1) is 10.6. The molecule has 0 spiro atoms. The maximum atomic E-state index is 12.0. The van der Waals surface area contributed by atoms with Crippen LogP contribution in [0.5, 0.6) is 0 Å². The molecule has 0 atom stereocenters. The summed E-state index contributed by atoms with van der Waals surface area (Å²) in [7, 11) is -2.58. The van der Waals surface area contributed by atoms with Crippen LogP contribution in [-0.4, -0.2) is 46.2 Å². The molecule has 0 saturated carbocycles. The summed E-state index contributed by atoms with van der Waals surface area (Å²) in [4.78, 5) is 23.5. The topological polar surface area (TPSA) is 92.8 Å². The Kier molecular flexibility index (Phi) is 6.40. The van der Waals surface area contributed by atoms with Gasteiger partial charge in [0.15, 0.2) is 0 Å². The zero-order chi connectivity index (χ0) is 17.8. The van der Waals surface area contributed by atoms with E-state index in [4.69, 9.17) is 11.6 Å². The summed E-state index contributed by atoms with van der Waals surface area (Å²) < 4.78 is 29.5. The fourth-order valence-electron chi connectivity index (χ4n) is 1.83. The van der Waals surface area contributed by atoms with Gasteiger partial charge in [-0.1, -0.05) is 11.6 Å². The van der Waals surface area contributed by atoms with Gasteiger partial charge in [0.2, 0.25) is 15.9 Å².